The number of hydrogen-bond acceptors (Lipinski definition) is 3. The van der Waals surface area contributed by atoms with Gasteiger partial charge in [-0.2, -0.15) is 0 Å². The third-order valence-electron chi connectivity index (χ3n) is 4.75. The quantitative estimate of drug-likeness (QED) is 0.320. The SMILES string of the molecule is COc1ccc(NC(=O)CSc2cn(Cc3ccc(Br)cc3)c3ccccc23)cc1. The molecule has 0 unspecified atom stereocenters. The van der Waals surface area contributed by atoms with Gasteiger partial charge in [0.25, 0.3) is 0 Å². The summed E-state index contributed by atoms with van der Waals surface area (Å²) in [5, 5.41) is 4.10. The van der Waals surface area contributed by atoms with Crippen LogP contribution in [0.1, 0.15) is 5.56 Å². The van der Waals surface area contributed by atoms with Crippen LogP contribution in [-0.2, 0) is 11.3 Å². The van der Waals surface area contributed by atoms with Crippen molar-refractivity contribution in [1.82, 2.24) is 4.57 Å². The molecule has 0 aliphatic heterocycles. The van der Waals surface area contributed by atoms with Gasteiger partial charge in [0.15, 0.2) is 0 Å². The summed E-state index contributed by atoms with van der Waals surface area (Å²) in [5.41, 5.74) is 3.16. The number of ether oxygens (including phenoxy) is 1. The highest BCUT2D eigenvalue weighted by Crippen LogP contribution is 2.31. The van der Waals surface area contributed by atoms with E-state index >= 15 is 0 Å². The fraction of sp³-hybridized carbons (Fsp3) is 0.125. The molecule has 4 nitrogen and oxygen atoms in total. The summed E-state index contributed by atoms with van der Waals surface area (Å²) >= 11 is 5.04. The van der Waals surface area contributed by atoms with Gasteiger partial charge in [-0.1, -0.05) is 46.3 Å². The van der Waals surface area contributed by atoms with Crippen molar-refractivity contribution in [3.05, 3.63) is 89.0 Å². The van der Waals surface area contributed by atoms with Crippen LogP contribution in [0.25, 0.3) is 10.9 Å². The van der Waals surface area contributed by atoms with E-state index in [2.05, 4.69) is 68.4 Å². The molecule has 0 fully saturated rings. The topological polar surface area (TPSA) is 43.3 Å². The highest BCUT2D eigenvalue weighted by molar-refractivity contribution is 9.10. The summed E-state index contributed by atoms with van der Waals surface area (Å²) in [5.74, 6) is 1.08. The fourth-order valence-corrected chi connectivity index (χ4v) is 4.41. The van der Waals surface area contributed by atoms with Gasteiger partial charge < -0.3 is 14.6 Å². The number of methoxy groups -OCH3 is 1. The number of thioether (sulfide) groups is 1. The number of amides is 1. The number of halogens is 1. The van der Waals surface area contributed by atoms with Crippen molar-refractivity contribution in [2.24, 2.45) is 0 Å². The fourth-order valence-electron chi connectivity index (χ4n) is 3.26. The first-order chi connectivity index (χ1) is 14.6. The Kier molecular flexibility index (Phi) is 6.45. The van der Waals surface area contributed by atoms with Crippen molar-refractivity contribution in [3.63, 3.8) is 0 Å². The second-order valence-corrected chi connectivity index (χ2v) is 8.76. The predicted octanol–water partition coefficient (Wildman–Crippen LogP) is 6.19. The lowest BCUT2D eigenvalue weighted by atomic mass is 10.2. The molecular weight excluding hydrogens is 460 g/mol. The Morgan fingerprint density at radius 2 is 1.77 bits per heavy atom. The van der Waals surface area contributed by atoms with E-state index < -0.39 is 0 Å². The van der Waals surface area contributed by atoms with Crippen molar-refractivity contribution < 1.29 is 9.53 Å². The summed E-state index contributed by atoms with van der Waals surface area (Å²) in [4.78, 5) is 13.5. The van der Waals surface area contributed by atoms with Crippen LogP contribution in [0.2, 0.25) is 0 Å². The van der Waals surface area contributed by atoms with Crippen LogP contribution in [0, 0.1) is 0 Å². The number of carbonyl (C=O) groups is 1. The Bertz CT molecular complexity index is 1150. The van der Waals surface area contributed by atoms with Crippen molar-refractivity contribution in [2.75, 3.05) is 18.2 Å². The van der Waals surface area contributed by atoms with E-state index in [1.54, 1.807) is 18.9 Å². The standard InChI is InChI=1S/C24H21BrN2O2S/c1-29-20-12-10-19(11-13-20)26-24(28)16-30-23-15-27(22-5-3-2-4-21(22)23)14-17-6-8-18(25)9-7-17/h2-13,15H,14,16H2,1H3,(H,26,28). The summed E-state index contributed by atoms with van der Waals surface area (Å²) in [6, 6.07) is 24.0. The zero-order valence-corrected chi connectivity index (χ0v) is 18.9. The molecule has 1 aromatic heterocycles. The maximum absolute atomic E-state index is 12.4. The Balaban J connectivity index is 1.47. The lowest BCUT2D eigenvalue weighted by molar-refractivity contribution is -0.113. The molecule has 0 saturated heterocycles. The van der Waals surface area contributed by atoms with E-state index in [1.165, 1.54) is 11.1 Å². The molecule has 1 N–H and O–H groups in total. The van der Waals surface area contributed by atoms with Gasteiger partial charge in [-0.3, -0.25) is 4.79 Å². The molecule has 1 amide bonds. The number of carbonyl (C=O) groups excluding carboxylic acids is 1. The molecule has 152 valence electrons. The number of aromatic nitrogens is 1. The van der Waals surface area contributed by atoms with E-state index in [9.17, 15) is 4.79 Å². The van der Waals surface area contributed by atoms with E-state index in [1.807, 2.05) is 36.4 Å². The van der Waals surface area contributed by atoms with Gasteiger partial charge in [0, 0.05) is 38.7 Å². The molecule has 6 heteroatoms. The Morgan fingerprint density at radius 1 is 1.03 bits per heavy atom. The monoisotopic (exact) mass is 480 g/mol. The molecule has 3 aromatic carbocycles. The number of nitrogens with one attached hydrogen (secondary N) is 1. The van der Waals surface area contributed by atoms with Gasteiger partial charge in [0.05, 0.1) is 12.9 Å². The average Bonchev–Trinajstić information content (AvgIpc) is 3.12. The first-order valence-electron chi connectivity index (χ1n) is 9.51. The maximum atomic E-state index is 12.4. The summed E-state index contributed by atoms with van der Waals surface area (Å²) < 4.78 is 8.46. The Hall–Kier alpha value is -2.70. The van der Waals surface area contributed by atoms with Crippen LogP contribution in [0.3, 0.4) is 0 Å². The number of fused-ring (bicyclic) bond motifs is 1. The van der Waals surface area contributed by atoms with Gasteiger partial charge in [0.2, 0.25) is 5.91 Å². The smallest absolute Gasteiger partial charge is 0.234 e. The van der Waals surface area contributed by atoms with Gasteiger partial charge in [0.1, 0.15) is 5.75 Å². The number of nitrogens with zero attached hydrogens (tertiary/aromatic N) is 1. The first kappa shape index (κ1) is 20.6. The van der Waals surface area contributed by atoms with Crippen molar-refractivity contribution in [3.8, 4) is 5.75 Å². The minimum atomic E-state index is -0.0325. The molecule has 0 saturated carbocycles. The minimum Gasteiger partial charge on any atom is -0.497 e. The normalized spacial score (nSPS) is 10.9. The van der Waals surface area contributed by atoms with Gasteiger partial charge in [-0.25, -0.2) is 0 Å². The van der Waals surface area contributed by atoms with Crippen LogP contribution in [0.5, 0.6) is 5.75 Å². The van der Waals surface area contributed by atoms with E-state index in [4.69, 9.17) is 4.74 Å². The first-order valence-corrected chi connectivity index (χ1v) is 11.3. The van der Waals surface area contributed by atoms with Crippen molar-refractivity contribution in [1.29, 1.82) is 0 Å². The Morgan fingerprint density at radius 3 is 2.50 bits per heavy atom. The van der Waals surface area contributed by atoms with E-state index in [-0.39, 0.29) is 5.91 Å². The van der Waals surface area contributed by atoms with E-state index in [0.29, 0.717) is 5.75 Å². The van der Waals surface area contributed by atoms with Gasteiger partial charge in [-0.05, 0) is 48.0 Å². The molecule has 30 heavy (non-hydrogen) atoms. The van der Waals surface area contributed by atoms with Crippen molar-refractivity contribution in [2.45, 2.75) is 11.4 Å². The number of para-hydroxylation sites is 1. The van der Waals surface area contributed by atoms with Crippen LogP contribution >= 0.6 is 27.7 Å². The van der Waals surface area contributed by atoms with Gasteiger partial charge >= 0.3 is 0 Å². The van der Waals surface area contributed by atoms with Crippen molar-refractivity contribution >= 4 is 50.2 Å². The number of hydrogen-bond donors (Lipinski definition) is 1. The second-order valence-electron chi connectivity index (χ2n) is 6.83. The maximum Gasteiger partial charge on any atom is 0.234 e. The summed E-state index contributed by atoms with van der Waals surface area (Å²) in [7, 11) is 1.62. The average molecular weight is 481 g/mol. The molecule has 1 heterocycles. The number of rotatable bonds is 7. The summed E-state index contributed by atoms with van der Waals surface area (Å²) in [6.07, 6.45) is 2.14. The molecule has 0 bridgehead atoms. The summed E-state index contributed by atoms with van der Waals surface area (Å²) in [6.45, 7) is 0.784. The zero-order valence-electron chi connectivity index (χ0n) is 16.5. The van der Waals surface area contributed by atoms with E-state index in [0.717, 1.165) is 32.7 Å². The number of benzene rings is 3. The molecule has 0 spiro atoms. The second kappa shape index (κ2) is 9.41. The number of anilines is 1. The third kappa shape index (κ3) is 4.89. The van der Waals surface area contributed by atoms with Crippen LogP contribution in [-0.4, -0.2) is 23.3 Å². The Labute approximate surface area is 188 Å². The highest BCUT2D eigenvalue weighted by atomic mass is 79.9. The molecular formula is C24H21BrN2O2S. The molecule has 0 atom stereocenters. The third-order valence-corrected chi connectivity index (χ3v) is 6.32. The molecule has 4 rings (SSSR count). The van der Waals surface area contributed by atoms with Crippen LogP contribution < -0.4 is 10.1 Å². The van der Waals surface area contributed by atoms with Gasteiger partial charge in [-0.15, -0.1) is 11.8 Å². The minimum absolute atomic E-state index is 0.0325. The molecule has 4 aromatic rings. The molecule has 0 radical (unpaired) electrons. The molecule has 0 aliphatic carbocycles. The lowest BCUT2D eigenvalue weighted by Crippen LogP contribution is -2.13. The van der Waals surface area contributed by atoms with Crippen LogP contribution in [0.4, 0.5) is 5.69 Å². The molecule has 0 aliphatic rings. The van der Waals surface area contributed by atoms with Crippen LogP contribution in [0.15, 0.2) is 88.4 Å². The highest BCUT2D eigenvalue weighted by Gasteiger charge is 2.11. The lowest BCUT2D eigenvalue weighted by Gasteiger charge is -2.06. The zero-order chi connectivity index (χ0) is 20.9. The largest absolute Gasteiger partial charge is 0.497 e. The predicted molar refractivity (Wildman–Crippen MR) is 128 cm³/mol.